The summed E-state index contributed by atoms with van der Waals surface area (Å²) in [7, 11) is -3.63. The summed E-state index contributed by atoms with van der Waals surface area (Å²) in [5, 5.41) is 0.325. The average Bonchev–Trinajstić information content (AvgIpc) is 3.53. The zero-order valence-electron chi connectivity index (χ0n) is 19.1. The largest absolute Gasteiger partial charge is 0.467 e. The van der Waals surface area contributed by atoms with Crippen LogP contribution in [0, 0.1) is 11.7 Å². The lowest BCUT2D eigenvalue weighted by atomic mass is 10.0. The van der Waals surface area contributed by atoms with Gasteiger partial charge in [0.1, 0.15) is 17.1 Å². The maximum absolute atomic E-state index is 14.3. The van der Waals surface area contributed by atoms with Crippen LogP contribution in [-0.2, 0) is 16.6 Å². The van der Waals surface area contributed by atoms with Crippen molar-refractivity contribution < 1.29 is 22.0 Å². The van der Waals surface area contributed by atoms with E-state index in [-0.39, 0.29) is 17.0 Å². The van der Waals surface area contributed by atoms with Crippen LogP contribution in [-0.4, -0.2) is 36.7 Å². The van der Waals surface area contributed by atoms with Crippen molar-refractivity contribution in [2.24, 2.45) is 5.92 Å². The standard InChI is InChI=1S/C25H24FN3O4S2/c1-17-5-3-13-28(15-17)35(31,32)20-11-9-18(10-12-20)24(30)29(16-19-6-4-14-33-19)25-27-23-21(26)7-2-8-22(23)34-25/h2,4,6-12,14,17H,3,5,13,15-16H2,1H3. The Hall–Kier alpha value is -3.08. The number of para-hydroxylation sites is 1. The lowest BCUT2D eigenvalue weighted by molar-refractivity contribution is 0.0983. The maximum atomic E-state index is 14.3. The fourth-order valence-electron chi connectivity index (χ4n) is 4.24. The minimum absolute atomic E-state index is 0.0962. The van der Waals surface area contributed by atoms with Crippen LogP contribution in [0.25, 0.3) is 10.2 Å². The lowest BCUT2D eigenvalue weighted by Gasteiger charge is -2.30. The summed E-state index contributed by atoms with van der Waals surface area (Å²) in [6.45, 7) is 3.14. The molecule has 1 aliphatic heterocycles. The van der Waals surface area contributed by atoms with Gasteiger partial charge in [0.05, 0.1) is 22.4 Å². The summed E-state index contributed by atoms with van der Waals surface area (Å²) in [6, 6.07) is 14.1. The van der Waals surface area contributed by atoms with E-state index >= 15 is 0 Å². The van der Waals surface area contributed by atoms with E-state index in [2.05, 4.69) is 4.98 Å². The second-order valence-electron chi connectivity index (χ2n) is 8.69. The molecule has 1 aliphatic rings. The number of carbonyl (C=O) groups is 1. The number of piperidine rings is 1. The number of hydrogen-bond acceptors (Lipinski definition) is 6. The predicted octanol–water partition coefficient (Wildman–Crippen LogP) is 5.30. The topological polar surface area (TPSA) is 83.7 Å². The fourth-order valence-corrected chi connectivity index (χ4v) is 6.82. The van der Waals surface area contributed by atoms with Crippen molar-refractivity contribution in [3.8, 4) is 0 Å². The summed E-state index contributed by atoms with van der Waals surface area (Å²) < 4.78 is 48.0. The van der Waals surface area contributed by atoms with Gasteiger partial charge in [-0.25, -0.2) is 17.8 Å². The molecule has 35 heavy (non-hydrogen) atoms. The number of halogens is 1. The Morgan fingerprint density at radius 3 is 2.69 bits per heavy atom. The molecule has 0 aliphatic carbocycles. The first-order valence-corrected chi connectivity index (χ1v) is 13.6. The molecule has 0 radical (unpaired) electrons. The van der Waals surface area contributed by atoms with Crippen molar-refractivity contribution >= 4 is 42.6 Å². The highest BCUT2D eigenvalue weighted by Crippen LogP contribution is 2.32. The number of anilines is 1. The molecule has 0 saturated carbocycles. The molecule has 2 aromatic heterocycles. The lowest BCUT2D eigenvalue weighted by Crippen LogP contribution is -2.39. The van der Waals surface area contributed by atoms with Crippen LogP contribution >= 0.6 is 11.3 Å². The first kappa shape index (κ1) is 23.7. The summed E-state index contributed by atoms with van der Waals surface area (Å²) in [6.07, 6.45) is 3.36. The number of furan rings is 1. The molecule has 3 heterocycles. The number of rotatable bonds is 6. The molecule has 1 fully saturated rings. The average molecular weight is 514 g/mol. The molecule has 4 aromatic rings. The van der Waals surface area contributed by atoms with Gasteiger partial charge in [-0.2, -0.15) is 4.31 Å². The number of nitrogens with zero attached hydrogens (tertiary/aromatic N) is 3. The number of aromatic nitrogens is 1. The predicted molar refractivity (Wildman–Crippen MR) is 132 cm³/mol. The van der Waals surface area contributed by atoms with E-state index in [9.17, 15) is 17.6 Å². The van der Waals surface area contributed by atoms with Gasteiger partial charge >= 0.3 is 0 Å². The molecular weight excluding hydrogens is 489 g/mol. The number of carbonyl (C=O) groups excluding carboxylic acids is 1. The summed E-state index contributed by atoms with van der Waals surface area (Å²) in [5.41, 5.74) is 0.490. The van der Waals surface area contributed by atoms with Gasteiger partial charge in [-0.05, 0) is 67.3 Å². The van der Waals surface area contributed by atoms with E-state index in [0.717, 1.165) is 12.8 Å². The van der Waals surface area contributed by atoms with E-state index < -0.39 is 21.7 Å². The molecule has 0 bridgehead atoms. The van der Waals surface area contributed by atoms with Crippen LogP contribution in [0.5, 0.6) is 0 Å². The molecule has 1 saturated heterocycles. The van der Waals surface area contributed by atoms with Gasteiger partial charge in [-0.1, -0.05) is 24.3 Å². The third-order valence-corrected chi connectivity index (χ3v) is 9.01. The zero-order valence-corrected chi connectivity index (χ0v) is 20.7. The van der Waals surface area contributed by atoms with Gasteiger partial charge in [0, 0.05) is 18.7 Å². The Kier molecular flexibility index (Phi) is 6.43. The van der Waals surface area contributed by atoms with Crippen LogP contribution < -0.4 is 4.90 Å². The third-order valence-electron chi connectivity index (χ3n) is 6.09. The van der Waals surface area contributed by atoms with Crippen molar-refractivity contribution in [1.82, 2.24) is 9.29 Å². The molecule has 0 N–H and O–H groups in total. The van der Waals surface area contributed by atoms with Crippen molar-refractivity contribution in [2.45, 2.75) is 31.2 Å². The molecule has 1 amide bonds. The van der Waals surface area contributed by atoms with E-state index in [0.29, 0.717) is 40.2 Å². The summed E-state index contributed by atoms with van der Waals surface area (Å²) >= 11 is 1.20. The SMILES string of the molecule is CC1CCCN(S(=O)(=O)c2ccc(C(=O)N(Cc3ccco3)c3nc4c(F)cccc4s3)cc2)C1. The number of fused-ring (bicyclic) bond motifs is 1. The minimum atomic E-state index is -3.63. The molecule has 7 nitrogen and oxygen atoms in total. The van der Waals surface area contributed by atoms with Crippen molar-refractivity contribution in [3.05, 3.63) is 78.0 Å². The highest BCUT2D eigenvalue weighted by Gasteiger charge is 2.29. The van der Waals surface area contributed by atoms with Gasteiger partial charge in [-0.3, -0.25) is 9.69 Å². The number of hydrogen-bond donors (Lipinski definition) is 0. The van der Waals surface area contributed by atoms with E-state index in [1.165, 1.54) is 57.1 Å². The molecule has 0 spiro atoms. The smallest absolute Gasteiger partial charge is 0.260 e. The van der Waals surface area contributed by atoms with E-state index in [1.54, 1.807) is 24.3 Å². The van der Waals surface area contributed by atoms with Gasteiger partial charge in [0.15, 0.2) is 5.13 Å². The molecule has 10 heteroatoms. The zero-order chi connectivity index (χ0) is 24.6. The molecular formula is C25H24FN3O4S2. The van der Waals surface area contributed by atoms with Crippen molar-refractivity contribution in [3.63, 3.8) is 0 Å². The van der Waals surface area contributed by atoms with E-state index in [1.807, 2.05) is 6.92 Å². The van der Waals surface area contributed by atoms with Crippen molar-refractivity contribution in [1.29, 1.82) is 0 Å². The second kappa shape index (κ2) is 9.52. The number of benzene rings is 2. The maximum Gasteiger partial charge on any atom is 0.260 e. The van der Waals surface area contributed by atoms with Crippen LogP contribution in [0.2, 0.25) is 0 Å². The van der Waals surface area contributed by atoms with Gasteiger partial charge in [0.2, 0.25) is 10.0 Å². The molecule has 1 atom stereocenters. The highest BCUT2D eigenvalue weighted by atomic mass is 32.2. The summed E-state index contributed by atoms with van der Waals surface area (Å²) in [4.78, 5) is 19.5. The monoisotopic (exact) mass is 513 g/mol. The fraction of sp³-hybridized carbons (Fsp3) is 0.280. The van der Waals surface area contributed by atoms with Crippen LogP contribution in [0.15, 0.2) is 70.2 Å². The van der Waals surface area contributed by atoms with Crippen molar-refractivity contribution in [2.75, 3.05) is 18.0 Å². The van der Waals surface area contributed by atoms with Crippen LogP contribution in [0.1, 0.15) is 35.9 Å². The number of thiazole rings is 1. The first-order chi connectivity index (χ1) is 16.8. The first-order valence-electron chi connectivity index (χ1n) is 11.3. The Labute approximate surface area is 206 Å². The highest BCUT2D eigenvalue weighted by molar-refractivity contribution is 7.89. The van der Waals surface area contributed by atoms with Gasteiger partial charge in [0.25, 0.3) is 5.91 Å². The second-order valence-corrected chi connectivity index (χ2v) is 11.6. The third kappa shape index (κ3) is 4.73. The number of amides is 1. The van der Waals surface area contributed by atoms with Gasteiger partial charge in [-0.15, -0.1) is 0 Å². The minimum Gasteiger partial charge on any atom is -0.467 e. The summed E-state index contributed by atoms with van der Waals surface area (Å²) in [5.74, 6) is -0.00179. The van der Waals surface area contributed by atoms with E-state index in [4.69, 9.17) is 4.42 Å². The molecule has 182 valence electrons. The normalized spacial score (nSPS) is 17.0. The van der Waals surface area contributed by atoms with Gasteiger partial charge < -0.3 is 4.42 Å². The molecule has 2 aromatic carbocycles. The molecule has 1 unspecified atom stereocenters. The van der Waals surface area contributed by atoms with Crippen LogP contribution in [0.4, 0.5) is 9.52 Å². The molecule has 5 rings (SSSR count). The Balaban J connectivity index is 1.45. The Bertz CT molecular complexity index is 1450. The number of sulfonamides is 1. The quantitative estimate of drug-likeness (QED) is 0.350. The van der Waals surface area contributed by atoms with Crippen LogP contribution in [0.3, 0.4) is 0 Å². The Morgan fingerprint density at radius 1 is 1.20 bits per heavy atom. The Morgan fingerprint density at radius 2 is 2.00 bits per heavy atom.